The Morgan fingerprint density at radius 1 is 1.29 bits per heavy atom. The Morgan fingerprint density at radius 3 is 2.65 bits per heavy atom. The molecule has 1 aliphatic rings. The SMILES string of the molecule is O=C(O)CCC1=CS(=O)(=O)c2cccc(O)c21. The molecule has 0 saturated heterocycles. The number of carboxylic acids is 1. The molecule has 0 spiro atoms. The lowest BCUT2D eigenvalue weighted by Crippen LogP contribution is -1.95. The van der Waals surface area contributed by atoms with E-state index in [1.54, 1.807) is 0 Å². The molecule has 5 nitrogen and oxygen atoms in total. The van der Waals surface area contributed by atoms with Crippen molar-refractivity contribution in [2.75, 3.05) is 0 Å². The summed E-state index contributed by atoms with van der Waals surface area (Å²) in [4.78, 5) is 10.5. The Kier molecular flexibility index (Phi) is 2.66. The summed E-state index contributed by atoms with van der Waals surface area (Å²) in [5.41, 5.74) is 0.578. The van der Waals surface area contributed by atoms with E-state index in [-0.39, 0.29) is 29.1 Å². The molecule has 0 aromatic heterocycles. The van der Waals surface area contributed by atoms with Crippen molar-refractivity contribution in [2.24, 2.45) is 0 Å². The van der Waals surface area contributed by atoms with Crippen LogP contribution in [0.4, 0.5) is 0 Å². The number of carboxylic acid groups (broad SMARTS) is 1. The van der Waals surface area contributed by atoms with E-state index < -0.39 is 15.8 Å². The van der Waals surface area contributed by atoms with Crippen molar-refractivity contribution in [2.45, 2.75) is 17.7 Å². The molecule has 1 aliphatic heterocycles. The molecule has 90 valence electrons. The summed E-state index contributed by atoms with van der Waals surface area (Å²) in [5.74, 6) is -1.15. The van der Waals surface area contributed by atoms with Gasteiger partial charge in [-0.3, -0.25) is 4.79 Å². The van der Waals surface area contributed by atoms with E-state index >= 15 is 0 Å². The van der Waals surface area contributed by atoms with Crippen molar-refractivity contribution in [3.05, 3.63) is 29.2 Å². The first-order valence-corrected chi connectivity index (χ1v) is 6.46. The first-order valence-electron chi connectivity index (χ1n) is 4.91. The van der Waals surface area contributed by atoms with Gasteiger partial charge in [-0.25, -0.2) is 8.42 Å². The lowest BCUT2D eigenvalue weighted by atomic mass is 10.0. The number of phenols is 1. The molecule has 0 saturated carbocycles. The van der Waals surface area contributed by atoms with Crippen LogP contribution in [0.5, 0.6) is 5.75 Å². The van der Waals surface area contributed by atoms with Gasteiger partial charge in [0.1, 0.15) is 5.75 Å². The van der Waals surface area contributed by atoms with Crippen LogP contribution in [0.2, 0.25) is 0 Å². The van der Waals surface area contributed by atoms with Gasteiger partial charge in [-0.2, -0.15) is 0 Å². The summed E-state index contributed by atoms with van der Waals surface area (Å²) in [6, 6.07) is 4.22. The molecule has 2 N–H and O–H groups in total. The monoisotopic (exact) mass is 254 g/mol. The Labute approximate surface area is 97.9 Å². The van der Waals surface area contributed by atoms with Gasteiger partial charge >= 0.3 is 5.97 Å². The fourth-order valence-electron chi connectivity index (χ4n) is 1.81. The Balaban J connectivity index is 2.48. The highest BCUT2D eigenvalue weighted by molar-refractivity contribution is 7.95. The first-order chi connectivity index (χ1) is 7.92. The molecular formula is C11H10O5S. The topological polar surface area (TPSA) is 91.7 Å². The van der Waals surface area contributed by atoms with Crippen LogP contribution in [0, 0.1) is 0 Å². The van der Waals surface area contributed by atoms with E-state index in [1.807, 2.05) is 0 Å². The molecule has 0 fully saturated rings. The molecule has 2 rings (SSSR count). The molecule has 1 aromatic rings. The maximum absolute atomic E-state index is 11.7. The van der Waals surface area contributed by atoms with Crippen molar-refractivity contribution in [1.29, 1.82) is 0 Å². The quantitative estimate of drug-likeness (QED) is 0.850. The van der Waals surface area contributed by atoms with Crippen LogP contribution in [-0.2, 0) is 14.6 Å². The highest BCUT2D eigenvalue weighted by Crippen LogP contribution is 2.40. The van der Waals surface area contributed by atoms with Crippen LogP contribution in [-0.4, -0.2) is 24.6 Å². The third kappa shape index (κ3) is 2.03. The normalized spacial score (nSPS) is 16.4. The zero-order valence-electron chi connectivity index (χ0n) is 8.75. The number of hydrogen-bond acceptors (Lipinski definition) is 4. The average molecular weight is 254 g/mol. The summed E-state index contributed by atoms with van der Waals surface area (Å²) in [6.45, 7) is 0. The summed E-state index contributed by atoms with van der Waals surface area (Å²) >= 11 is 0. The van der Waals surface area contributed by atoms with Crippen LogP contribution >= 0.6 is 0 Å². The van der Waals surface area contributed by atoms with Crippen molar-refractivity contribution >= 4 is 21.4 Å². The molecular weight excluding hydrogens is 244 g/mol. The van der Waals surface area contributed by atoms with Gasteiger partial charge in [0.2, 0.25) is 9.84 Å². The second kappa shape index (κ2) is 3.89. The molecule has 0 atom stereocenters. The van der Waals surface area contributed by atoms with Gasteiger partial charge in [0.15, 0.2) is 0 Å². The fraction of sp³-hybridized carbons (Fsp3) is 0.182. The number of aliphatic carboxylic acids is 1. The number of benzene rings is 1. The van der Waals surface area contributed by atoms with E-state index in [0.717, 1.165) is 5.41 Å². The van der Waals surface area contributed by atoms with Crippen molar-refractivity contribution in [3.63, 3.8) is 0 Å². The number of carbonyl (C=O) groups is 1. The minimum atomic E-state index is -3.54. The number of aromatic hydroxyl groups is 1. The minimum absolute atomic E-state index is 0.0397. The Morgan fingerprint density at radius 2 is 2.00 bits per heavy atom. The number of allylic oxidation sites excluding steroid dienone is 1. The average Bonchev–Trinajstić information content (AvgIpc) is 2.49. The van der Waals surface area contributed by atoms with E-state index in [4.69, 9.17) is 5.11 Å². The lowest BCUT2D eigenvalue weighted by molar-refractivity contribution is -0.136. The molecule has 0 aliphatic carbocycles. The van der Waals surface area contributed by atoms with Crippen LogP contribution in [0.25, 0.3) is 5.57 Å². The summed E-state index contributed by atoms with van der Waals surface area (Å²) in [5, 5.41) is 19.3. The summed E-state index contributed by atoms with van der Waals surface area (Å²) < 4.78 is 23.5. The third-order valence-corrected chi connectivity index (χ3v) is 4.09. The maximum Gasteiger partial charge on any atom is 0.303 e. The molecule has 0 bridgehead atoms. The third-order valence-electron chi connectivity index (χ3n) is 2.54. The predicted octanol–water partition coefficient (Wildman–Crippen LogP) is 1.39. The van der Waals surface area contributed by atoms with Gasteiger partial charge in [-0.1, -0.05) is 6.07 Å². The van der Waals surface area contributed by atoms with Gasteiger partial charge in [0.05, 0.1) is 4.90 Å². The first kappa shape index (κ1) is 11.7. The molecule has 17 heavy (non-hydrogen) atoms. The Bertz CT molecular complexity index is 613. The van der Waals surface area contributed by atoms with Crippen LogP contribution in [0.3, 0.4) is 0 Å². The number of phenolic OH excluding ortho intramolecular Hbond substituents is 1. The largest absolute Gasteiger partial charge is 0.507 e. The molecule has 1 heterocycles. The molecule has 0 radical (unpaired) electrons. The van der Waals surface area contributed by atoms with E-state index in [1.165, 1.54) is 18.2 Å². The number of rotatable bonds is 3. The van der Waals surface area contributed by atoms with Crippen LogP contribution in [0.1, 0.15) is 18.4 Å². The summed E-state index contributed by atoms with van der Waals surface area (Å²) in [7, 11) is -3.54. The number of sulfone groups is 1. The zero-order chi connectivity index (χ0) is 12.6. The Hall–Kier alpha value is -1.82. The summed E-state index contributed by atoms with van der Waals surface area (Å²) in [6.07, 6.45) is -0.0890. The van der Waals surface area contributed by atoms with Gasteiger partial charge in [0.25, 0.3) is 0 Å². The number of hydrogen-bond donors (Lipinski definition) is 2. The second-order valence-corrected chi connectivity index (χ2v) is 5.50. The fourth-order valence-corrected chi connectivity index (χ4v) is 3.34. The predicted molar refractivity (Wildman–Crippen MR) is 60.1 cm³/mol. The maximum atomic E-state index is 11.7. The van der Waals surface area contributed by atoms with E-state index in [9.17, 15) is 18.3 Å². The molecule has 0 amide bonds. The second-order valence-electron chi connectivity index (χ2n) is 3.73. The lowest BCUT2D eigenvalue weighted by Gasteiger charge is -2.05. The van der Waals surface area contributed by atoms with Crippen molar-refractivity contribution in [3.8, 4) is 5.75 Å². The van der Waals surface area contributed by atoms with Crippen molar-refractivity contribution < 1.29 is 23.4 Å². The van der Waals surface area contributed by atoms with Crippen LogP contribution < -0.4 is 0 Å². The smallest absolute Gasteiger partial charge is 0.303 e. The van der Waals surface area contributed by atoms with E-state index in [2.05, 4.69) is 0 Å². The van der Waals surface area contributed by atoms with Gasteiger partial charge in [-0.05, 0) is 24.1 Å². The van der Waals surface area contributed by atoms with Crippen LogP contribution in [0.15, 0.2) is 28.5 Å². The molecule has 6 heteroatoms. The van der Waals surface area contributed by atoms with Gasteiger partial charge in [0, 0.05) is 17.4 Å². The van der Waals surface area contributed by atoms with Crippen molar-refractivity contribution in [1.82, 2.24) is 0 Å². The van der Waals surface area contributed by atoms with E-state index in [0.29, 0.717) is 5.57 Å². The number of fused-ring (bicyclic) bond motifs is 1. The highest BCUT2D eigenvalue weighted by Gasteiger charge is 2.29. The van der Waals surface area contributed by atoms with Gasteiger partial charge < -0.3 is 10.2 Å². The highest BCUT2D eigenvalue weighted by atomic mass is 32.2. The minimum Gasteiger partial charge on any atom is -0.507 e. The van der Waals surface area contributed by atoms with Gasteiger partial charge in [-0.15, -0.1) is 0 Å². The standard InChI is InChI=1S/C11H10O5S/c12-8-2-1-3-9-11(8)7(4-5-10(13)14)6-17(9,15)16/h1-3,6,12H,4-5H2,(H,13,14). The molecule has 1 aromatic carbocycles. The zero-order valence-corrected chi connectivity index (χ0v) is 9.57. The molecule has 0 unspecified atom stereocenters.